The van der Waals surface area contributed by atoms with Gasteiger partial charge in [-0.3, -0.25) is 14.9 Å². The number of carbonyl (C=O) groups is 1. The highest BCUT2D eigenvalue weighted by atomic mass is 19.1. The minimum Gasteiger partial charge on any atom is -0.478 e. The summed E-state index contributed by atoms with van der Waals surface area (Å²) in [5.41, 5.74) is 4.97. The molecule has 1 unspecified atom stereocenters. The third kappa shape index (κ3) is 2.93. The minimum absolute atomic E-state index is 0.219. The Hall–Kier alpha value is -2.18. The lowest BCUT2D eigenvalue weighted by Gasteiger charge is -2.15. The molecule has 0 saturated heterocycles. The van der Waals surface area contributed by atoms with Gasteiger partial charge in [0.2, 0.25) is 0 Å². The molecule has 0 fully saturated rings. The van der Waals surface area contributed by atoms with E-state index in [-0.39, 0.29) is 23.4 Å². The van der Waals surface area contributed by atoms with Crippen molar-refractivity contribution in [3.63, 3.8) is 0 Å². The van der Waals surface area contributed by atoms with Gasteiger partial charge in [-0.25, -0.2) is 4.39 Å². The zero-order valence-electron chi connectivity index (χ0n) is 9.97. The number of hydrogen-bond acceptors (Lipinski definition) is 4. The molecule has 0 bridgehead atoms. The number of ether oxygens (including phenoxy) is 1. The number of nitro groups is 1. The molecule has 0 aliphatic heterocycles. The van der Waals surface area contributed by atoms with Crippen LogP contribution in [0.1, 0.15) is 18.9 Å². The monoisotopic (exact) mass is 256 g/mol. The Kier molecular flexibility index (Phi) is 4.19. The molecule has 2 N–H and O–H groups in total. The number of aryl methyl sites for hydroxylation is 1. The Labute approximate surface area is 103 Å². The largest absolute Gasteiger partial charge is 0.478 e. The van der Waals surface area contributed by atoms with Gasteiger partial charge >= 0.3 is 0 Å². The molecule has 1 aromatic carbocycles. The Morgan fingerprint density at radius 2 is 2.22 bits per heavy atom. The van der Waals surface area contributed by atoms with E-state index in [2.05, 4.69) is 0 Å². The Morgan fingerprint density at radius 3 is 2.67 bits per heavy atom. The number of hydrogen-bond donors (Lipinski definition) is 1. The van der Waals surface area contributed by atoms with E-state index in [1.54, 1.807) is 6.92 Å². The van der Waals surface area contributed by atoms with Crippen LogP contribution in [-0.4, -0.2) is 16.9 Å². The van der Waals surface area contributed by atoms with Gasteiger partial charge in [-0.05, 0) is 19.4 Å². The summed E-state index contributed by atoms with van der Waals surface area (Å²) in [6.07, 6.45) is -0.675. The van der Waals surface area contributed by atoms with Crippen LogP contribution in [0.2, 0.25) is 0 Å². The number of rotatable bonds is 5. The Morgan fingerprint density at radius 1 is 1.61 bits per heavy atom. The van der Waals surface area contributed by atoms with Gasteiger partial charge < -0.3 is 10.5 Å². The molecule has 1 atom stereocenters. The highest BCUT2D eigenvalue weighted by Gasteiger charge is 2.20. The van der Waals surface area contributed by atoms with Crippen molar-refractivity contribution in [3.8, 4) is 5.75 Å². The molecular weight excluding hydrogens is 243 g/mol. The van der Waals surface area contributed by atoms with Crippen LogP contribution in [0.4, 0.5) is 10.1 Å². The fourth-order valence-electron chi connectivity index (χ4n) is 1.43. The van der Waals surface area contributed by atoms with Crippen LogP contribution in [0.25, 0.3) is 0 Å². The van der Waals surface area contributed by atoms with E-state index in [1.807, 2.05) is 0 Å². The number of nitrogens with two attached hydrogens (primary N) is 1. The number of halogens is 1. The number of primary amides is 1. The first-order valence-corrected chi connectivity index (χ1v) is 5.27. The summed E-state index contributed by atoms with van der Waals surface area (Å²) >= 11 is 0. The van der Waals surface area contributed by atoms with Crippen LogP contribution in [0.3, 0.4) is 0 Å². The van der Waals surface area contributed by atoms with E-state index in [9.17, 15) is 19.3 Å². The van der Waals surface area contributed by atoms with Crippen LogP contribution >= 0.6 is 0 Å². The van der Waals surface area contributed by atoms with Crippen molar-refractivity contribution in [1.29, 1.82) is 0 Å². The quantitative estimate of drug-likeness (QED) is 0.640. The maximum atomic E-state index is 13.6. The second-order valence-electron chi connectivity index (χ2n) is 3.74. The van der Waals surface area contributed by atoms with Gasteiger partial charge in [-0.1, -0.05) is 6.92 Å². The van der Waals surface area contributed by atoms with Gasteiger partial charge in [0.25, 0.3) is 11.6 Å². The van der Waals surface area contributed by atoms with E-state index < -0.39 is 22.8 Å². The molecule has 0 heterocycles. The summed E-state index contributed by atoms with van der Waals surface area (Å²) in [6.45, 7) is 3.11. The van der Waals surface area contributed by atoms with Crippen molar-refractivity contribution in [1.82, 2.24) is 0 Å². The van der Waals surface area contributed by atoms with Gasteiger partial charge in [0.15, 0.2) is 17.7 Å². The summed E-state index contributed by atoms with van der Waals surface area (Å²) in [5.74, 6) is -1.83. The van der Waals surface area contributed by atoms with Crippen LogP contribution < -0.4 is 10.5 Å². The summed E-state index contributed by atoms with van der Waals surface area (Å²) in [7, 11) is 0. The topological polar surface area (TPSA) is 95.5 Å². The number of amides is 1. The molecule has 0 aliphatic carbocycles. The van der Waals surface area contributed by atoms with E-state index in [0.29, 0.717) is 0 Å². The number of carbonyl (C=O) groups excluding carboxylic acids is 1. The molecule has 7 heteroatoms. The van der Waals surface area contributed by atoms with E-state index >= 15 is 0 Å². The van der Waals surface area contributed by atoms with Crippen LogP contribution in [0.5, 0.6) is 5.75 Å². The second-order valence-corrected chi connectivity index (χ2v) is 3.74. The van der Waals surface area contributed by atoms with E-state index in [4.69, 9.17) is 10.5 Å². The molecule has 6 nitrogen and oxygen atoms in total. The molecule has 1 rings (SSSR count). The molecule has 98 valence electrons. The molecule has 1 aromatic rings. The lowest BCUT2D eigenvalue weighted by molar-refractivity contribution is -0.385. The fraction of sp³-hybridized carbons (Fsp3) is 0.364. The third-order valence-corrected chi connectivity index (χ3v) is 2.40. The van der Waals surface area contributed by atoms with E-state index in [0.717, 1.165) is 6.07 Å². The molecule has 0 radical (unpaired) electrons. The SMILES string of the molecule is CCC(Oc1cc(C)c([N+](=O)[O-])cc1F)C(N)=O. The predicted octanol–water partition coefficient (Wildman–Crippen LogP) is 1.69. The highest BCUT2D eigenvalue weighted by molar-refractivity contribution is 5.79. The predicted molar refractivity (Wildman–Crippen MR) is 61.7 cm³/mol. The van der Waals surface area contributed by atoms with Crippen LogP contribution in [0.15, 0.2) is 12.1 Å². The lowest BCUT2D eigenvalue weighted by atomic mass is 10.2. The first kappa shape index (κ1) is 13.9. The zero-order valence-corrected chi connectivity index (χ0v) is 9.97. The molecule has 18 heavy (non-hydrogen) atoms. The first-order chi connectivity index (χ1) is 8.36. The number of benzene rings is 1. The van der Waals surface area contributed by atoms with Crippen LogP contribution in [0, 0.1) is 22.9 Å². The molecular formula is C11H13FN2O4. The number of nitro benzene ring substituents is 1. The maximum Gasteiger partial charge on any atom is 0.275 e. The normalized spacial score (nSPS) is 11.9. The van der Waals surface area contributed by atoms with Crippen molar-refractivity contribution in [3.05, 3.63) is 33.6 Å². The standard InChI is InChI=1S/C11H13FN2O4/c1-3-9(11(13)15)18-10-4-6(2)8(14(16)17)5-7(10)12/h4-5,9H,3H2,1-2H3,(H2,13,15). The van der Waals surface area contributed by atoms with Crippen molar-refractivity contribution >= 4 is 11.6 Å². The Bertz CT molecular complexity index is 490. The average Bonchev–Trinajstić information content (AvgIpc) is 2.28. The molecule has 0 aliphatic rings. The number of nitrogens with zero attached hydrogens (tertiary/aromatic N) is 1. The van der Waals surface area contributed by atoms with Gasteiger partial charge in [-0.2, -0.15) is 0 Å². The summed E-state index contributed by atoms with van der Waals surface area (Å²) < 4.78 is 18.7. The molecule has 0 aromatic heterocycles. The van der Waals surface area contributed by atoms with Crippen LogP contribution in [-0.2, 0) is 4.79 Å². The molecule has 0 spiro atoms. The third-order valence-electron chi connectivity index (χ3n) is 2.40. The minimum atomic E-state index is -0.958. The molecule has 0 saturated carbocycles. The van der Waals surface area contributed by atoms with Crippen molar-refractivity contribution in [2.24, 2.45) is 5.73 Å². The van der Waals surface area contributed by atoms with Gasteiger partial charge in [0.1, 0.15) is 0 Å². The van der Waals surface area contributed by atoms with Gasteiger partial charge in [-0.15, -0.1) is 0 Å². The summed E-state index contributed by atoms with van der Waals surface area (Å²) in [6, 6.07) is 1.94. The van der Waals surface area contributed by atoms with Gasteiger partial charge in [0.05, 0.1) is 11.0 Å². The average molecular weight is 256 g/mol. The van der Waals surface area contributed by atoms with Gasteiger partial charge in [0, 0.05) is 5.56 Å². The summed E-state index contributed by atoms with van der Waals surface area (Å²) in [4.78, 5) is 20.9. The van der Waals surface area contributed by atoms with Crippen molar-refractivity contribution in [2.75, 3.05) is 0 Å². The maximum absolute atomic E-state index is 13.6. The fourth-order valence-corrected chi connectivity index (χ4v) is 1.43. The second kappa shape index (κ2) is 5.44. The van der Waals surface area contributed by atoms with Crippen molar-refractivity contribution in [2.45, 2.75) is 26.4 Å². The summed E-state index contributed by atoms with van der Waals surface area (Å²) in [5, 5.41) is 10.6. The zero-order chi connectivity index (χ0) is 13.9. The molecule has 1 amide bonds. The first-order valence-electron chi connectivity index (χ1n) is 5.27. The lowest BCUT2D eigenvalue weighted by Crippen LogP contribution is -2.33. The smallest absolute Gasteiger partial charge is 0.275 e. The Balaban J connectivity index is 3.08. The van der Waals surface area contributed by atoms with E-state index in [1.165, 1.54) is 13.0 Å². The highest BCUT2D eigenvalue weighted by Crippen LogP contribution is 2.27. The van der Waals surface area contributed by atoms with Crippen molar-refractivity contribution < 1.29 is 18.8 Å².